The molecule has 1 aliphatic heterocycles. The van der Waals surface area contributed by atoms with Crippen molar-refractivity contribution < 1.29 is 18.6 Å². The van der Waals surface area contributed by atoms with Gasteiger partial charge in [0.2, 0.25) is 0 Å². The van der Waals surface area contributed by atoms with Crippen LogP contribution in [-0.4, -0.2) is 89.7 Å². The minimum absolute atomic E-state index is 0.258. The molecule has 2 aromatic rings. The highest BCUT2D eigenvalue weighted by atomic mass is 32.3. The molecule has 0 bridgehead atoms. The van der Waals surface area contributed by atoms with Crippen molar-refractivity contribution in [3.63, 3.8) is 0 Å². The first-order valence-corrected chi connectivity index (χ1v) is 13.4. The molecule has 0 unspecified atom stereocenters. The lowest BCUT2D eigenvalue weighted by molar-refractivity contribution is 0.122. The fourth-order valence-corrected chi connectivity index (χ4v) is 5.35. The number of aromatic nitrogens is 2. The lowest BCUT2D eigenvalue weighted by Gasteiger charge is -2.37. The van der Waals surface area contributed by atoms with Gasteiger partial charge in [0.25, 0.3) is 0 Å². The van der Waals surface area contributed by atoms with Crippen LogP contribution in [0.15, 0.2) is 30.3 Å². The standard InChI is InChI=1S/C23H34N6O4S/c1-28(2)11-10-24-22(30)25-18-6-4-17(5-7-18)21-26-19(23(8-9-23)34(3,31)32)16-20(27-21)29-12-14-33-15-13-29/h4-7,16,31-32H,8-15H2,1-3H3,(H2,24,25,30). The maximum atomic E-state index is 12.1. The largest absolute Gasteiger partial charge is 0.378 e. The van der Waals surface area contributed by atoms with E-state index in [9.17, 15) is 13.9 Å². The number of urea groups is 1. The molecular formula is C23H34N6O4S. The number of anilines is 2. The van der Waals surface area contributed by atoms with E-state index in [1.54, 1.807) is 0 Å². The molecule has 0 atom stereocenters. The average molecular weight is 491 g/mol. The zero-order valence-electron chi connectivity index (χ0n) is 20.0. The maximum absolute atomic E-state index is 12.1. The minimum Gasteiger partial charge on any atom is -0.378 e. The van der Waals surface area contributed by atoms with Gasteiger partial charge in [-0.25, -0.2) is 14.8 Å². The highest BCUT2D eigenvalue weighted by Crippen LogP contribution is 2.69. The maximum Gasteiger partial charge on any atom is 0.319 e. The van der Waals surface area contributed by atoms with Gasteiger partial charge in [-0.05, 0) is 51.2 Å². The molecular weight excluding hydrogens is 456 g/mol. The number of ether oxygens (including phenoxy) is 1. The zero-order valence-corrected chi connectivity index (χ0v) is 20.8. The second-order valence-corrected chi connectivity index (χ2v) is 11.6. The van der Waals surface area contributed by atoms with E-state index in [0.29, 0.717) is 49.8 Å². The van der Waals surface area contributed by atoms with Crippen molar-refractivity contribution in [1.82, 2.24) is 20.2 Å². The highest BCUT2D eigenvalue weighted by Gasteiger charge is 2.55. The van der Waals surface area contributed by atoms with Crippen molar-refractivity contribution in [2.45, 2.75) is 17.6 Å². The van der Waals surface area contributed by atoms with Gasteiger partial charge in [0.05, 0.1) is 18.9 Å². The fourth-order valence-electron chi connectivity index (χ4n) is 3.98. The lowest BCUT2D eigenvalue weighted by Crippen LogP contribution is -2.37. The smallest absolute Gasteiger partial charge is 0.319 e. The molecule has 0 radical (unpaired) electrons. The Morgan fingerprint density at radius 1 is 1.18 bits per heavy atom. The van der Waals surface area contributed by atoms with Crippen molar-refractivity contribution in [2.24, 2.45) is 0 Å². The van der Waals surface area contributed by atoms with E-state index in [4.69, 9.17) is 14.7 Å². The molecule has 2 amide bonds. The van der Waals surface area contributed by atoms with E-state index in [0.717, 1.165) is 31.0 Å². The normalized spacial score (nSPS) is 18.0. The third kappa shape index (κ3) is 5.61. The first-order valence-electron chi connectivity index (χ1n) is 11.4. The van der Waals surface area contributed by atoms with Crippen LogP contribution in [-0.2, 0) is 9.48 Å². The zero-order chi connectivity index (χ0) is 24.3. The topological polar surface area (TPSA) is 123 Å². The van der Waals surface area contributed by atoms with Gasteiger partial charge in [0.1, 0.15) is 10.6 Å². The van der Waals surface area contributed by atoms with E-state index in [1.807, 2.05) is 49.3 Å². The average Bonchev–Trinajstić information content (AvgIpc) is 3.62. The van der Waals surface area contributed by atoms with Crippen LogP contribution in [0.2, 0.25) is 0 Å². The van der Waals surface area contributed by atoms with Gasteiger partial charge in [0, 0.05) is 49.8 Å². The molecule has 4 N–H and O–H groups in total. The van der Waals surface area contributed by atoms with Crippen molar-refractivity contribution in [3.8, 4) is 11.4 Å². The summed E-state index contributed by atoms with van der Waals surface area (Å²) < 4.78 is 25.8. The predicted octanol–water partition coefficient (Wildman–Crippen LogP) is 3.03. The SMILES string of the molecule is CN(C)CCNC(=O)Nc1ccc(-c2nc(N3CCOCC3)cc(C3(S(C)(O)O)CC3)n2)cc1. The van der Waals surface area contributed by atoms with Gasteiger partial charge in [-0.3, -0.25) is 9.11 Å². The van der Waals surface area contributed by atoms with Crippen molar-refractivity contribution in [3.05, 3.63) is 36.0 Å². The molecule has 186 valence electrons. The molecule has 1 aliphatic carbocycles. The van der Waals surface area contributed by atoms with E-state index in [1.165, 1.54) is 6.26 Å². The summed E-state index contributed by atoms with van der Waals surface area (Å²) in [5, 5.41) is 5.65. The molecule has 11 heteroatoms. The summed E-state index contributed by atoms with van der Waals surface area (Å²) in [4.78, 5) is 25.8. The second-order valence-electron chi connectivity index (χ2n) is 9.12. The Balaban J connectivity index is 1.57. The number of rotatable bonds is 8. The summed E-state index contributed by atoms with van der Waals surface area (Å²) in [5.74, 6) is 1.29. The fraction of sp³-hybridized carbons (Fsp3) is 0.522. The summed E-state index contributed by atoms with van der Waals surface area (Å²) >= 11 is 0. The van der Waals surface area contributed by atoms with Crippen LogP contribution in [0.3, 0.4) is 0 Å². The number of amides is 2. The van der Waals surface area contributed by atoms with Gasteiger partial charge in [-0.1, -0.05) is 0 Å². The molecule has 10 nitrogen and oxygen atoms in total. The molecule has 2 heterocycles. The minimum atomic E-state index is -2.82. The van der Waals surface area contributed by atoms with Gasteiger partial charge < -0.3 is 25.2 Å². The van der Waals surface area contributed by atoms with E-state index in [-0.39, 0.29) is 6.03 Å². The number of nitrogens with one attached hydrogen (secondary N) is 2. The van der Waals surface area contributed by atoms with Crippen LogP contribution in [0.5, 0.6) is 0 Å². The van der Waals surface area contributed by atoms with Crippen LogP contribution >= 0.6 is 10.6 Å². The van der Waals surface area contributed by atoms with Gasteiger partial charge in [0.15, 0.2) is 5.82 Å². The Bertz CT molecular complexity index is 1000. The van der Waals surface area contributed by atoms with Gasteiger partial charge >= 0.3 is 6.03 Å². The Morgan fingerprint density at radius 2 is 1.85 bits per heavy atom. The Hall–Kier alpha value is -2.44. The Labute approximate surface area is 202 Å². The molecule has 2 fully saturated rings. The predicted molar refractivity (Wildman–Crippen MR) is 136 cm³/mol. The van der Waals surface area contributed by atoms with Gasteiger partial charge in [-0.15, -0.1) is 0 Å². The van der Waals surface area contributed by atoms with E-state index in [2.05, 4.69) is 15.5 Å². The first-order chi connectivity index (χ1) is 16.2. The number of morpholine rings is 1. The van der Waals surface area contributed by atoms with Crippen LogP contribution in [0.25, 0.3) is 11.4 Å². The van der Waals surface area contributed by atoms with E-state index < -0.39 is 15.3 Å². The van der Waals surface area contributed by atoms with Crippen molar-refractivity contribution in [1.29, 1.82) is 0 Å². The Kier molecular flexibility index (Phi) is 7.29. The summed E-state index contributed by atoms with van der Waals surface area (Å²) in [5.41, 5.74) is 2.12. The van der Waals surface area contributed by atoms with Crippen LogP contribution < -0.4 is 15.5 Å². The van der Waals surface area contributed by atoms with Gasteiger partial charge in [-0.2, -0.15) is 10.6 Å². The molecule has 34 heavy (non-hydrogen) atoms. The summed E-state index contributed by atoms with van der Waals surface area (Å²) in [6.45, 7) is 4.00. The quantitative estimate of drug-likeness (QED) is 0.445. The number of carbonyl (C=O) groups is 1. The highest BCUT2D eigenvalue weighted by molar-refractivity contribution is 8.24. The number of hydrogen-bond acceptors (Lipinski definition) is 8. The van der Waals surface area contributed by atoms with Crippen LogP contribution in [0.4, 0.5) is 16.3 Å². The number of benzene rings is 1. The molecule has 0 spiro atoms. The first kappa shape index (κ1) is 24.7. The molecule has 4 rings (SSSR count). The number of nitrogens with zero attached hydrogens (tertiary/aromatic N) is 4. The molecule has 1 aromatic heterocycles. The molecule has 1 aromatic carbocycles. The van der Waals surface area contributed by atoms with Crippen LogP contribution in [0.1, 0.15) is 18.5 Å². The van der Waals surface area contributed by atoms with Crippen LogP contribution in [0, 0.1) is 0 Å². The summed E-state index contributed by atoms with van der Waals surface area (Å²) in [6.07, 6.45) is 2.88. The number of likely N-dealkylation sites (N-methyl/N-ethyl adjacent to an activating group) is 1. The Morgan fingerprint density at radius 3 is 2.44 bits per heavy atom. The number of hydrogen-bond donors (Lipinski definition) is 4. The second kappa shape index (κ2) is 10.0. The third-order valence-corrected chi connectivity index (χ3v) is 8.30. The van der Waals surface area contributed by atoms with E-state index >= 15 is 0 Å². The summed E-state index contributed by atoms with van der Waals surface area (Å²) in [7, 11) is 1.09. The molecule has 1 saturated heterocycles. The van der Waals surface area contributed by atoms with Crippen molar-refractivity contribution in [2.75, 3.05) is 70.0 Å². The molecule has 1 saturated carbocycles. The number of carbonyl (C=O) groups excluding carboxylic acids is 1. The lowest BCUT2D eigenvalue weighted by atomic mass is 10.1. The third-order valence-electron chi connectivity index (χ3n) is 6.20. The molecule has 2 aliphatic rings. The monoisotopic (exact) mass is 490 g/mol. The van der Waals surface area contributed by atoms with Crippen molar-refractivity contribution >= 4 is 28.1 Å². The summed E-state index contributed by atoms with van der Waals surface area (Å²) in [6, 6.07) is 8.99.